The molecule has 7 N–H and O–H groups in total. The second-order valence-corrected chi connectivity index (χ2v) is 23.0. The first kappa shape index (κ1) is 72.4. The Labute approximate surface area is 468 Å². The zero-order valence-corrected chi connectivity index (χ0v) is 49.6. The first-order valence-electron chi connectivity index (χ1n) is 32.8. The summed E-state index contributed by atoms with van der Waals surface area (Å²) >= 11 is 0. The van der Waals surface area contributed by atoms with E-state index >= 15 is 0 Å². The number of ether oxygens (including phenoxy) is 2. The molecule has 448 valence electrons. The van der Waals surface area contributed by atoms with Crippen molar-refractivity contribution in [3.05, 3.63) is 36.5 Å². The fourth-order valence-corrected chi connectivity index (χ4v) is 10.6. The summed E-state index contributed by atoms with van der Waals surface area (Å²) in [5.74, 6) is -0.625. The maximum atomic E-state index is 13.2. The van der Waals surface area contributed by atoms with Crippen molar-refractivity contribution < 1.29 is 44.9 Å². The Hall–Kier alpha value is -1.63. The molecule has 1 saturated heterocycles. The summed E-state index contributed by atoms with van der Waals surface area (Å²) in [6, 6.07) is -1.00. The molecule has 0 saturated carbocycles. The molecule has 76 heavy (non-hydrogen) atoms. The van der Waals surface area contributed by atoms with Gasteiger partial charge in [0.1, 0.15) is 30.5 Å². The molecule has 1 heterocycles. The minimum atomic E-state index is -1.62. The van der Waals surface area contributed by atoms with Crippen LogP contribution in [0.15, 0.2) is 36.5 Å². The number of carbonyl (C=O) groups excluding carboxylic acids is 1. The van der Waals surface area contributed by atoms with E-state index in [0.717, 1.165) is 44.9 Å². The first-order chi connectivity index (χ1) is 37.3. The molecule has 8 unspecified atom stereocenters. The molecule has 8 atom stereocenters. The number of amides is 1. The summed E-state index contributed by atoms with van der Waals surface area (Å²) in [5.41, 5.74) is 0. The van der Waals surface area contributed by atoms with Crippen LogP contribution in [0.5, 0.6) is 0 Å². The molecule has 0 aliphatic carbocycles. The van der Waals surface area contributed by atoms with Crippen LogP contribution >= 0.6 is 0 Å². The van der Waals surface area contributed by atoms with Crippen molar-refractivity contribution in [2.75, 3.05) is 13.2 Å². The van der Waals surface area contributed by atoms with Gasteiger partial charge in [-0.15, -0.1) is 0 Å². The number of nitrogens with one attached hydrogen (secondary N) is 1. The Morgan fingerprint density at radius 3 is 1.14 bits per heavy atom. The molecule has 1 fully saturated rings. The zero-order chi connectivity index (χ0) is 55.2. The Morgan fingerprint density at radius 2 is 0.776 bits per heavy atom. The minimum Gasteiger partial charge on any atom is -0.394 e. The highest BCUT2D eigenvalue weighted by atomic mass is 16.7. The van der Waals surface area contributed by atoms with E-state index < -0.39 is 61.5 Å². The molecule has 10 nitrogen and oxygen atoms in total. The molecule has 10 heteroatoms. The van der Waals surface area contributed by atoms with E-state index in [2.05, 4.69) is 43.5 Å². The Balaban J connectivity index is 2.14. The Kier molecular flexibility index (Phi) is 52.7. The maximum Gasteiger partial charge on any atom is 0.249 e. The largest absolute Gasteiger partial charge is 0.394 e. The van der Waals surface area contributed by atoms with Gasteiger partial charge in [0.25, 0.3) is 0 Å². The highest BCUT2D eigenvalue weighted by Crippen LogP contribution is 2.23. The number of aliphatic hydroxyl groups excluding tert-OH is 6. The Morgan fingerprint density at radius 1 is 0.447 bits per heavy atom. The van der Waals surface area contributed by atoms with Crippen LogP contribution in [0.3, 0.4) is 0 Å². The fourth-order valence-electron chi connectivity index (χ4n) is 10.6. The summed E-state index contributed by atoms with van der Waals surface area (Å²) < 4.78 is 11.2. The quantitative estimate of drug-likeness (QED) is 0.0232. The molecule has 1 aliphatic heterocycles. The second-order valence-electron chi connectivity index (χ2n) is 23.0. The SMILES string of the molecule is CCCCCCCCC/C=C/CC/C=C/CC/C=C/C(O)C(COC1OC(CO)C(O)C(O)C1O)NC(=O)C(O)CCCCCCCCCCCCCCCCCCCCCCCCCCCCCCCCCCCC. The van der Waals surface area contributed by atoms with Crippen molar-refractivity contribution >= 4 is 5.91 Å². The molecule has 0 radical (unpaired) electrons. The monoisotopic (exact) mass is 1080 g/mol. The molecule has 0 aromatic rings. The summed E-state index contributed by atoms with van der Waals surface area (Å²) in [5, 5.41) is 65.1. The molecule has 0 aromatic heterocycles. The third-order valence-electron chi connectivity index (χ3n) is 15.8. The lowest BCUT2D eigenvalue weighted by Crippen LogP contribution is -2.60. The molecule has 0 aromatic carbocycles. The number of aliphatic hydroxyl groups is 6. The second kappa shape index (κ2) is 55.3. The molecular formula is C66H125NO9. The van der Waals surface area contributed by atoms with Crippen molar-refractivity contribution in [2.45, 2.75) is 365 Å². The van der Waals surface area contributed by atoms with Gasteiger partial charge in [0, 0.05) is 0 Å². The average molecular weight is 1080 g/mol. The predicted molar refractivity (Wildman–Crippen MR) is 319 cm³/mol. The van der Waals surface area contributed by atoms with Crippen molar-refractivity contribution in [3.63, 3.8) is 0 Å². The van der Waals surface area contributed by atoms with Crippen molar-refractivity contribution in [3.8, 4) is 0 Å². The van der Waals surface area contributed by atoms with Crippen molar-refractivity contribution in [1.29, 1.82) is 0 Å². The third-order valence-corrected chi connectivity index (χ3v) is 15.8. The topological polar surface area (TPSA) is 169 Å². The van der Waals surface area contributed by atoms with Crippen LogP contribution in [0.2, 0.25) is 0 Å². The number of hydrogen-bond acceptors (Lipinski definition) is 9. The summed E-state index contributed by atoms with van der Waals surface area (Å²) in [6.45, 7) is 3.62. The molecular weight excluding hydrogens is 951 g/mol. The molecule has 0 spiro atoms. The van der Waals surface area contributed by atoms with Crippen LogP contribution in [-0.2, 0) is 14.3 Å². The summed E-state index contributed by atoms with van der Waals surface area (Å²) in [4.78, 5) is 13.2. The number of unbranched alkanes of at least 4 members (excludes halogenated alkanes) is 42. The normalized spacial score (nSPS) is 19.4. The van der Waals surface area contributed by atoms with Crippen LogP contribution in [-0.4, -0.2) is 98.7 Å². The van der Waals surface area contributed by atoms with E-state index in [1.54, 1.807) is 6.08 Å². The van der Waals surface area contributed by atoms with Gasteiger partial charge in [0.15, 0.2) is 6.29 Å². The number of rotatable bonds is 57. The van der Waals surface area contributed by atoms with E-state index in [4.69, 9.17) is 9.47 Å². The maximum absolute atomic E-state index is 13.2. The van der Waals surface area contributed by atoms with Crippen LogP contribution in [0, 0.1) is 0 Å². The lowest BCUT2D eigenvalue weighted by Gasteiger charge is -2.40. The van der Waals surface area contributed by atoms with Gasteiger partial charge in [-0.1, -0.05) is 307 Å². The third kappa shape index (κ3) is 43.2. The van der Waals surface area contributed by atoms with E-state index in [-0.39, 0.29) is 6.61 Å². The van der Waals surface area contributed by atoms with Gasteiger partial charge in [0.05, 0.1) is 25.4 Å². The van der Waals surface area contributed by atoms with E-state index in [1.165, 1.54) is 238 Å². The smallest absolute Gasteiger partial charge is 0.249 e. The molecule has 1 aliphatic rings. The fraction of sp³-hybridized carbons (Fsp3) is 0.894. The van der Waals surface area contributed by atoms with E-state index in [0.29, 0.717) is 19.3 Å². The summed E-state index contributed by atoms with van der Waals surface area (Å²) in [7, 11) is 0. The zero-order valence-electron chi connectivity index (χ0n) is 49.6. The van der Waals surface area contributed by atoms with Gasteiger partial charge >= 0.3 is 0 Å². The predicted octanol–water partition coefficient (Wildman–Crippen LogP) is 16.1. The molecule has 0 bridgehead atoms. The van der Waals surface area contributed by atoms with Gasteiger partial charge < -0.3 is 45.4 Å². The van der Waals surface area contributed by atoms with E-state index in [9.17, 15) is 35.4 Å². The average Bonchev–Trinajstić information content (AvgIpc) is 3.42. The van der Waals surface area contributed by atoms with Gasteiger partial charge in [0.2, 0.25) is 5.91 Å². The van der Waals surface area contributed by atoms with Crippen LogP contribution < -0.4 is 5.32 Å². The van der Waals surface area contributed by atoms with Crippen LogP contribution in [0.4, 0.5) is 0 Å². The van der Waals surface area contributed by atoms with Gasteiger partial charge in [-0.3, -0.25) is 4.79 Å². The standard InChI is InChI=1S/C66H125NO9/c1-3-5-7-9-11-13-15-17-19-21-22-23-24-25-26-27-28-29-30-31-32-33-34-35-36-37-39-41-43-45-47-49-51-53-55-60(70)65(74)67-58(57-75-66-64(73)63(72)62(71)61(56-68)76-66)59(69)54-52-50-48-46-44-42-40-38-20-18-16-14-12-10-8-6-4-2/h20,38,44,46,52,54,58-64,66,68-73H,3-19,21-37,39-43,45,47-51,53,55-57H2,1-2H3,(H,67,74)/b38-20+,46-44+,54-52+. The first-order valence-corrected chi connectivity index (χ1v) is 32.8. The Bertz CT molecular complexity index is 1310. The highest BCUT2D eigenvalue weighted by molar-refractivity contribution is 5.80. The highest BCUT2D eigenvalue weighted by Gasteiger charge is 2.44. The van der Waals surface area contributed by atoms with Crippen molar-refractivity contribution in [2.24, 2.45) is 0 Å². The van der Waals surface area contributed by atoms with Gasteiger partial charge in [-0.2, -0.15) is 0 Å². The number of hydrogen-bond donors (Lipinski definition) is 7. The lowest BCUT2D eigenvalue weighted by atomic mass is 9.99. The molecule has 1 rings (SSSR count). The van der Waals surface area contributed by atoms with Crippen molar-refractivity contribution in [1.82, 2.24) is 5.32 Å². The van der Waals surface area contributed by atoms with E-state index in [1.807, 2.05) is 6.08 Å². The molecule has 1 amide bonds. The minimum absolute atomic E-state index is 0.305. The van der Waals surface area contributed by atoms with Crippen LogP contribution in [0.25, 0.3) is 0 Å². The van der Waals surface area contributed by atoms with Crippen LogP contribution in [0.1, 0.15) is 316 Å². The summed E-state index contributed by atoms with van der Waals surface area (Å²) in [6.07, 6.45) is 62.9. The number of allylic oxidation sites excluding steroid dienone is 5. The number of carbonyl (C=O) groups is 1. The van der Waals surface area contributed by atoms with Gasteiger partial charge in [-0.25, -0.2) is 0 Å². The lowest BCUT2D eigenvalue weighted by molar-refractivity contribution is -0.302. The van der Waals surface area contributed by atoms with Gasteiger partial charge in [-0.05, 0) is 44.9 Å².